The van der Waals surface area contributed by atoms with E-state index >= 15 is 0 Å². The van der Waals surface area contributed by atoms with E-state index in [2.05, 4.69) is 6.58 Å². The molecule has 0 aliphatic heterocycles. The van der Waals surface area contributed by atoms with Crippen LogP contribution in [0.1, 0.15) is 26.3 Å². The summed E-state index contributed by atoms with van der Waals surface area (Å²) in [5.74, 6) is 0.479. The quantitative estimate of drug-likeness (QED) is 0.454. The molecule has 0 aromatic heterocycles. The first kappa shape index (κ1) is 13.3. The maximum atomic E-state index is 11.4. The van der Waals surface area contributed by atoms with Crippen molar-refractivity contribution in [1.29, 1.82) is 0 Å². The topological polar surface area (TPSA) is 35.5 Å². The highest BCUT2D eigenvalue weighted by atomic mass is 16.7. The van der Waals surface area contributed by atoms with Gasteiger partial charge in [0.15, 0.2) is 0 Å². The molecule has 0 aliphatic carbocycles. The number of rotatable bonds is 3. The van der Waals surface area contributed by atoms with Crippen LogP contribution in [0.5, 0.6) is 5.75 Å². The standard InChI is InChI=1S/C14H18O3/c1-5-6-11-7-9-12(10-8-11)16-13(15)17-14(2,3)4/h5,7-10H,1,6H2,2-4H3. The van der Waals surface area contributed by atoms with Crippen molar-refractivity contribution in [3.63, 3.8) is 0 Å². The lowest BCUT2D eigenvalue weighted by Gasteiger charge is -2.18. The van der Waals surface area contributed by atoms with E-state index < -0.39 is 11.8 Å². The van der Waals surface area contributed by atoms with Gasteiger partial charge >= 0.3 is 6.16 Å². The Morgan fingerprint density at radius 3 is 2.35 bits per heavy atom. The molecular formula is C14H18O3. The minimum atomic E-state index is -0.686. The van der Waals surface area contributed by atoms with Crippen molar-refractivity contribution in [3.05, 3.63) is 42.5 Å². The second-order valence-electron chi connectivity index (χ2n) is 4.70. The molecule has 0 atom stereocenters. The number of hydrogen-bond donors (Lipinski definition) is 0. The molecule has 3 heteroatoms. The van der Waals surface area contributed by atoms with Crippen LogP contribution < -0.4 is 4.74 Å². The van der Waals surface area contributed by atoms with Crippen molar-refractivity contribution >= 4 is 6.16 Å². The summed E-state index contributed by atoms with van der Waals surface area (Å²) >= 11 is 0. The predicted molar refractivity (Wildman–Crippen MR) is 67.2 cm³/mol. The number of carbonyl (C=O) groups is 1. The van der Waals surface area contributed by atoms with Gasteiger partial charge < -0.3 is 9.47 Å². The highest BCUT2D eigenvalue weighted by molar-refractivity contribution is 5.64. The van der Waals surface area contributed by atoms with Gasteiger partial charge in [0.1, 0.15) is 11.4 Å². The summed E-state index contributed by atoms with van der Waals surface area (Å²) in [7, 11) is 0. The van der Waals surface area contributed by atoms with Crippen molar-refractivity contribution in [2.24, 2.45) is 0 Å². The van der Waals surface area contributed by atoms with Crippen LogP contribution in [0.3, 0.4) is 0 Å². The van der Waals surface area contributed by atoms with Crippen LogP contribution in [0.25, 0.3) is 0 Å². The highest BCUT2D eigenvalue weighted by Gasteiger charge is 2.17. The predicted octanol–water partition coefficient (Wildman–Crippen LogP) is 3.73. The lowest BCUT2D eigenvalue weighted by Crippen LogP contribution is -2.25. The average molecular weight is 234 g/mol. The first-order valence-electron chi connectivity index (χ1n) is 5.51. The van der Waals surface area contributed by atoms with Crippen LogP contribution in [-0.4, -0.2) is 11.8 Å². The number of benzene rings is 1. The first-order valence-corrected chi connectivity index (χ1v) is 5.51. The van der Waals surface area contributed by atoms with Gasteiger partial charge in [-0.15, -0.1) is 6.58 Å². The molecule has 0 radical (unpaired) electrons. The van der Waals surface area contributed by atoms with E-state index in [4.69, 9.17) is 9.47 Å². The zero-order valence-electron chi connectivity index (χ0n) is 10.5. The molecule has 0 aliphatic rings. The smallest absolute Gasteiger partial charge is 0.428 e. The second kappa shape index (κ2) is 5.53. The summed E-state index contributed by atoms with van der Waals surface area (Å²) in [6.07, 6.45) is 1.94. The van der Waals surface area contributed by atoms with E-state index in [0.717, 1.165) is 12.0 Å². The van der Waals surface area contributed by atoms with Crippen LogP contribution in [0.15, 0.2) is 36.9 Å². The third kappa shape index (κ3) is 5.20. The summed E-state index contributed by atoms with van der Waals surface area (Å²) < 4.78 is 10.1. The fourth-order valence-electron chi connectivity index (χ4n) is 1.23. The Balaban J connectivity index is 2.57. The molecule has 1 aromatic carbocycles. The lowest BCUT2D eigenvalue weighted by atomic mass is 10.1. The number of hydrogen-bond acceptors (Lipinski definition) is 3. The zero-order chi connectivity index (χ0) is 12.9. The third-order valence-electron chi connectivity index (χ3n) is 1.89. The Kier molecular flexibility index (Phi) is 4.32. The maximum absolute atomic E-state index is 11.4. The van der Waals surface area contributed by atoms with Crippen LogP contribution in [0, 0.1) is 0 Å². The maximum Gasteiger partial charge on any atom is 0.514 e. The van der Waals surface area contributed by atoms with E-state index in [1.54, 1.807) is 32.9 Å². The van der Waals surface area contributed by atoms with Gasteiger partial charge in [0, 0.05) is 0 Å². The Morgan fingerprint density at radius 2 is 1.88 bits per heavy atom. The minimum absolute atomic E-state index is 0.479. The van der Waals surface area contributed by atoms with Crippen molar-refractivity contribution in [1.82, 2.24) is 0 Å². The van der Waals surface area contributed by atoms with Crippen molar-refractivity contribution in [3.8, 4) is 5.75 Å². The zero-order valence-corrected chi connectivity index (χ0v) is 10.5. The van der Waals surface area contributed by atoms with Crippen LogP contribution in [0.4, 0.5) is 4.79 Å². The molecule has 0 saturated carbocycles. The molecule has 3 nitrogen and oxygen atoms in total. The molecule has 0 unspecified atom stereocenters. The summed E-state index contributed by atoms with van der Waals surface area (Å²) in [4.78, 5) is 11.4. The first-order chi connectivity index (χ1) is 7.90. The molecule has 0 bridgehead atoms. The molecule has 1 aromatic rings. The van der Waals surface area contributed by atoms with E-state index in [1.807, 2.05) is 18.2 Å². The van der Waals surface area contributed by atoms with E-state index in [0.29, 0.717) is 5.75 Å². The molecule has 0 fully saturated rings. The molecule has 0 N–H and O–H groups in total. The summed E-state index contributed by atoms with van der Waals surface area (Å²) in [5.41, 5.74) is 0.580. The lowest BCUT2D eigenvalue weighted by molar-refractivity contribution is 0.0206. The number of ether oxygens (including phenoxy) is 2. The SMILES string of the molecule is C=CCc1ccc(OC(=O)OC(C)(C)C)cc1. The van der Waals surface area contributed by atoms with Crippen molar-refractivity contribution in [2.75, 3.05) is 0 Å². The Hall–Kier alpha value is -1.77. The van der Waals surface area contributed by atoms with Gasteiger partial charge in [-0.25, -0.2) is 4.79 Å². The largest absolute Gasteiger partial charge is 0.514 e. The molecule has 17 heavy (non-hydrogen) atoms. The molecule has 0 heterocycles. The molecule has 0 saturated heterocycles. The molecule has 0 amide bonds. The van der Waals surface area contributed by atoms with Gasteiger partial charge in [-0.05, 0) is 44.9 Å². The fourth-order valence-corrected chi connectivity index (χ4v) is 1.23. The van der Waals surface area contributed by atoms with Gasteiger partial charge in [0.25, 0.3) is 0 Å². The Morgan fingerprint density at radius 1 is 1.29 bits per heavy atom. The van der Waals surface area contributed by atoms with E-state index in [-0.39, 0.29) is 0 Å². The van der Waals surface area contributed by atoms with Crippen molar-refractivity contribution < 1.29 is 14.3 Å². The van der Waals surface area contributed by atoms with Gasteiger partial charge in [0.2, 0.25) is 0 Å². The normalized spacial score (nSPS) is 10.8. The van der Waals surface area contributed by atoms with Gasteiger partial charge in [-0.3, -0.25) is 0 Å². The van der Waals surface area contributed by atoms with Gasteiger partial charge in [-0.2, -0.15) is 0 Å². The van der Waals surface area contributed by atoms with Gasteiger partial charge in [0.05, 0.1) is 0 Å². The summed E-state index contributed by atoms with van der Waals surface area (Å²) in [6.45, 7) is 9.04. The third-order valence-corrected chi connectivity index (χ3v) is 1.89. The highest BCUT2D eigenvalue weighted by Crippen LogP contribution is 2.15. The van der Waals surface area contributed by atoms with Crippen molar-refractivity contribution in [2.45, 2.75) is 32.8 Å². The Labute approximate surface area is 102 Å². The monoisotopic (exact) mass is 234 g/mol. The fraction of sp³-hybridized carbons (Fsp3) is 0.357. The van der Waals surface area contributed by atoms with Crippen LogP contribution in [0.2, 0.25) is 0 Å². The molecular weight excluding hydrogens is 216 g/mol. The van der Waals surface area contributed by atoms with Gasteiger partial charge in [-0.1, -0.05) is 18.2 Å². The average Bonchev–Trinajstić information content (AvgIpc) is 2.18. The van der Waals surface area contributed by atoms with Crippen LogP contribution >= 0.6 is 0 Å². The molecule has 1 rings (SSSR count). The summed E-state index contributed by atoms with van der Waals surface area (Å²) in [6, 6.07) is 7.26. The summed E-state index contributed by atoms with van der Waals surface area (Å²) in [5, 5.41) is 0. The number of carbonyl (C=O) groups excluding carboxylic acids is 1. The van der Waals surface area contributed by atoms with E-state index in [1.165, 1.54) is 0 Å². The molecule has 92 valence electrons. The second-order valence-corrected chi connectivity index (χ2v) is 4.70. The molecule has 0 spiro atoms. The minimum Gasteiger partial charge on any atom is -0.428 e. The number of allylic oxidation sites excluding steroid dienone is 1. The Bertz CT molecular complexity index is 385. The van der Waals surface area contributed by atoms with Crippen LogP contribution in [-0.2, 0) is 11.2 Å². The van der Waals surface area contributed by atoms with E-state index in [9.17, 15) is 4.79 Å².